The molecule has 127 valence electrons. The van der Waals surface area contributed by atoms with Crippen molar-refractivity contribution in [1.82, 2.24) is 0 Å². The molecular weight excluding hydrogens is 382 g/mol. The maximum Gasteiger partial charge on any atom is 3.00 e. The second-order valence-corrected chi connectivity index (χ2v) is 4.88. The molecule has 0 heterocycles. The Bertz CT molecular complexity index is 420. The fourth-order valence-electron chi connectivity index (χ4n) is 1.61. The molecule has 5 heteroatoms. The van der Waals surface area contributed by atoms with Gasteiger partial charge in [0.25, 0.3) is 0 Å². The second kappa shape index (κ2) is 19.7. The molecule has 2 atom stereocenters. The summed E-state index contributed by atoms with van der Waals surface area (Å²) in [5.41, 5.74) is 4.25. The average Bonchev–Trinajstić information content (AvgIpc) is 2.48. The Labute approximate surface area is 172 Å². The van der Waals surface area contributed by atoms with E-state index in [1.807, 2.05) is 30.3 Å². The van der Waals surface area contributed by atoms with E-state index in [9.17, 15) is 0 Å². The zero-order chi connectivity index (χ0) is 12.1. The summed E-state index contributed by atoms with van der Waals surface area (Å²) in [4.78, 5) is 0. The van der Waals surface area contributed by atoms with Gasteiger partial charge >= 0.3 is 21.7 Å². The van der Waals surface area contributed by atoms with Crippen LogP contribution in [-0.4, -0.2) is 11.0 Å². The van der Waals surface area contributed by atoms with Gasteiger partial charge in [0.15, 0.2) is 0 Å². The van der Waals surface area contributed by atoms with Crippen LogP contribution in [0.3, 0.4) is 0 Å². The monoisotopic (exact) mass is 413 g/mol. The first-order chi connectivity index (χ1) is 7.52. The first kappa shape index (κ1) is 38.3. The Morgan fingerprint density at radius 3 is 1.50 bits per heavy atom. The molecule has 0 aliphatic heterocycles. The van der Waals surface area contributed by atoms with Gasteiger partial charge in [-0.1, -0.05) is 57.0 Å². The normalized spacial score (nSPS) is 13.9. The zero-order valence-corrected chi connectivity index (χ0v) is 18.2. The van der Waals surface area contributed by atoms with E-state index in [0.29, 0.717) is 5.92 Å². The maximum atomic E-state index is 3.36. The molecular formula is C17H32Cl2PSiTi. The summed E-state index contributed by atoms with van der Waals surface area (Å²) in [7, 11) is 2.63. The standard InChI is InChI=1S/C9H13.C6H7P.2CH3.2ClH.H4Si.Ti/c1-6-5-7(2)9(4)8(6)3;7-6-4-2-1-3-5-6;;;;;;/h6H,1-4H3;1-5H,7H2;2*1H3;2*1H;1H4;/q-1;;2*-1;;;;+3. The minimum absolute atomic E-state index is 0. The van der Waals surface area contributed by atoms with Crippen LogP contribution in [0.1, 0.15) is 27.7 Å². The van der Waals surface area contributed by atoms with E-state index >= 15 is 0 Å². The number of hydrogen-bond acceptors (Lipinski definition) is 0. The molecule has 0 aromatic heterocycles. The van der Waals surface area contributed by atoms with Crippen molar-refractivity contribution in [3.05, 3.63) is 68.0 Å². The average molecular weight is 414 g/mol. The van der Waals surface area contributed by atoms with Crippen molar-refractivity contribution in [2.45, 2.75) is 27.7 Å². The van der Waals surface area contributed by atoms with Crippen molar-refractivity contribution in [2.24, 2.45) is 5.92 Å². The van der Waals surface area contributed by atoms with Gasteiger partial charge < -0.3 is 14.9 Å². The number of allylic oxidation sites excluding steroid dienone is 4. The number of benzene rings is 1. The predicted molar refractivity (Wildman–Crippen MR) is 114 cm³/mol. The molecule has 1 aliphatic rings. The third-order valence-electron chi connectivity index (χ3n) is 3.04. The van der Waals surface area contributed by atoms with Gasteiger partial charge in [0.2, 0.25) is 0 Å². The zero-order valence-electron chi connectivity index (χ0n) is 13.9. The summed E-state index contributed by atoms with van der Waals surface area (Å²) in [5.74, 6) is 0.560. The van der Waals surface area contributed by atoms with Crippen LogP contribution in [-0.2, 0) is 21.7 Å². The maximum absolute atomic E-state index is 3.36. The summed E-state index contributed by atoms with van der Waals surface area (Å²) < 4.78 is 0. The van der Waals surface area contributed by atoms with Crippen molar-refractivity contribution in [3.8, 4) is 0 Å². The van der Waals surface area contributed by atoms with Crippen molar-refractivity contribution in [3.63, 3.8) is 0 Å². The molecule has 1 aromatic carbocycles. The molecule has 0 bridgehead atoms. The summed E-state index contributed by atoms with van der Waals surface area (Å²) in [6.07, 6.45) is 3.36. The van der Waals surface area contributed by atoms with E-state index in [0.717, 1.165) is 0 Å². The van der Waals surface area contributed by atoms with Crippen LogP contribution in [0.5, 0.6) is 0 Å². The number of hydrogen-bond donors (Lipinski definition) is 0. The Hall–Kier alpha value is 0.641. The fraction of sp³-hybridized carbons (Fsp3) is 0.294. The van der Waals surface area contributed by atoms with Crippen LogP contribution in [0.25, 0.3) is 0 Å². The van der Waals surface area contributed by atoms with Crippen LogP contribution in [0.2, 0.25) is 0 Å². The van der Waals surface area contributed by atoms with Gasteiger partial charge in [0, 0.05) is 0 Å². The molecule has 0 saturated carbocycles. The van der Waals surface area contributed by atoms with E-state index < -0.39 is 0 Å². The van der Waals surface area contributed by atoms with E-state index in [4.69, 9.17) is 0 Å². The van der Waals surface area contributed by atoms with Crippen molar-refractivity contribution >= 4 is 50.3 Å². The Kier molecular flexibility index (Phi) is 34.3. The first-order valence-electron chi connectivity index (χ1n) is 5.60. The van der Waals surface area contributed by atoms with Crippen molar-refractivity contribution in [2.75, 3.05) is 0 Å². The molecule has 1 aromatic rings. The van der Waals surface area contributed by atoms with Gasteiger partial charge in [-0.25, -0.2) is 5.57 Å². The van der Waals surface area contributed by atoms with Crippen molar-refractivity contribution < 1.29 is 21.7 Å². The van der Waals surface area contributed by atoms with Crippen LogP contribution >= 0.6 is 34.1 Å². The Balaban J connectivity index is -0.0000000464. The van der Waals surface area contributed by atoms with E-state index in [-0.39, 0.29) is 72.4 Å². The molecule has 2 unspecified atom stereocenters. The summed E-state index contributed by atoms with van der Waals surface area (Å²) in [6, 6.07) is 10.1. The quantitative estimate of drug-likeness (QED) is 0.339. The predicted octanol–water partition coefficient (Wildman–Crippen LogP) is 4.20. The largest absolute Gasteiger partial charge is 3.00 e. The van der Waals surface area contributed by atoms with E-state index in [2.05, 4.69) is 43.0 Å². The first-order valence-corrected chi connectivity index (χ1v) is 6.18. The Morgan fingerprint density at radius 2 is 1.36 bits per heavy atom. The second-order valence-electron chi connectivity index (χ2n) is 4.21. The van der Waals surface area contributed by atoms with Gasteiger partial charge in [-0.2, -0.15) is 11.1 Å². The summed E-state index contributed by atoms with van der Waals surface area (Å²) in [6.45, 7) is 8.67. The molecule has 2 rings (SSSR count). The summed E-state index contributed by atoms with van der Waals surface area (Å²) in [5, 5.41) is 1.24. The molecule has 0 spiro atoms. The van der Waals surface area contributed by atoms with E-state index in [1.165, 1.54) is 22.0 Å². The van der Waals surface area contributed by atoms with Gasteiger partial charge in [0.05, 0.1) is 0 Å². The fourth-order valence-corrected chi connectivity index (χ4v) is 1.84. The van der Waals surface area contributed by atoms with Crippen molar-refractivity contribution in [1.29, 1.82) is 0 Å². The van der Waals surface area contributed by atoms with Crippen LogP contribution in [0.15, 0.2) is 47.1 Å². The molecule has 22 heavy (non-hydrogen) atoms. The SMILES string of the molecule is CC1=[C-]C(C)C(C)=C1C.Cl.Cl.Pc1ccccc1.[CH3-].[CH3-].[SiH4].[Ti+3]. The van der Waals surface area contributed by atoms with Gasteiger partial charge in [-0.05, 0) is 16.3 Å². The molecule has 1 aliphatic carbocycles. The van der Waals surface area contributed by atoms with Crippen LogP contribution in [0.4, 0.5) is 0 Å². The molecule has 0 N–H and O–H groups in total. The minimum Gasteiger partial charge on any atom is -0.358 e. The van der Waals surface area contributed by atoms with Crippen LogP contribution in [0, 0.1) is 26.8 Å². The van der Waals surface area contributed by atoms with Crippen LogP contribution < -0.4 is 5.30 Å². The third kappa shape index (κ3) is 13.1. The molecule has 1 radical (unpaired) electrons. The third-order valence-corrected chi connectivity index (χ3v) is 3.42. The van der Waals surface area contributed by atoms with Gasteiger partial charge in [-0.3, -0.25) is 6.08 Å². The molecule has 0 amide bonds. The Morgan fingerprint density at radius 1 is 0.955 bits per heavy atom. The smallest absolute Gasteiger partial charge is 0.358 e. The number of rotatable bonds is 0. The van der Waals surface area contributed by atoms with Gasteiger partial charge in [0.1, 0.15) is 0 Å². The molecule has 0 fully saturated rings. The number of halogens is 2. The molecule has 0 nitrogen and oxygen atoms in total. The van der Waals surface area contributed by atoms with E-state index in [1.54, 1.807) is 0 Å². The topological polar surface area (TPSA) is 0 Å². The van der Waals surface area contributed by atoms with Gasteiger partial charge in [-0.15, -0.1) is 41.0 Å². The molecule has 0 saturated heterocycles. The minimum atomic E-state index is 0. The summed E-state index contributed by atoms with van der Waals surface area (Å²) >= 11 is 0.